The Hall–Kier alpha value is -0.130. The molecule has 1 heterocycles. The van der Waals surface area contributed by atoms with Crippen LogP contribution in [0.1, 0.15) is 6.42 Å². The van der Waals surface area contributed by atoms with Crippen LogP contribution in [0.4, 0.5) is 0 Å². The number of hydrogen-bond donors (Lipinski definition) is 1. The van der Waals surface area contributed by atoms with Crippen LogP contribution in [0.25, 0.3) is 0 Å². The van der Waals surface area contributed by atoms with Gasteiger partial charge in [0.25, 0.3) is 0 Å². The summed E-state index contributed by atoms with van der Waals surface area (Å²) in [6, 6.07) is 0. The molecular weight excluding hydrogens is 231 g/mol. The van der Waals surface area contributed by atoms with E-state index in [1.807, 2.05) is 0 Å². The minimum absolute atomic E-state index is 0.194. The van der Waals surface area contributed by atoms with E-state index in [9.17, 15) is 9.36 Å². The van der Waals surface area contributed by atoms with Gasteiger partial charge < -0.3 is 0 Å². The lowest BCUT2D eigenvalue weighted by molar-refractivity contribution is -0.122. The van der Waals surface area contributed by atoms with Crippen LogP contribution in [0.2, 0.25) is 0 Å². The third-order valence-corrected chi connectivity index (χ3v) is 3.77. The van der Waals surface area contributed by atoms with E-state index in [1.54, 1.807) is 0 Å². The average molecular weight is 243 g/mol. The molecule has 1 saturated heterocycles. The number of hydrazine groups is 1. The highest BCUT2D eigenvalue weighted by Crippen LogP contribution is 2.52. The van der Waals surface area contributed by atoms with Gasteiger partial charge in [0.1, 0.15) is 5.88 Å². The van der Waals surface area contributed by atoms with Crippen LogP contribution in [0, 0.1) is 0 Å². The molecule has 1 aliphatic heterocycles. The fraction of sp³-hybridized carbons (Fsp3) is 0.833. The molecule has 0 bridgehead atoms. The highest BCUT2D eigenvalue weighted by atomic mass is 35.5. The van der Waals surface area contributed by atoms with Crippen LogP contribution in [0.15, 0.2) is 0 Å². The van der Waals surface area contributed by atoms with E-state index in [0.717, 1.165) is 0 Å². The van der Waals surface area contributed by atoms with Crippen LogP contribution < -0.4 is 5.43 Å². The number of alkyl halides is 1. The molecule has 6 nitrogen and oxygen atoms in total. The number of halogens is 1. The van der Waals surface area contributed by atoms with E-state index >= 15 is 0 Å². The fourth-order valence-corrected chi connectivity index (χ4v) is 2.51. The zero-order chi connectivity index (χ0) is 10.6. The molecule has 0 saturated carbocycles. The van der Waals surface area contributed by atoms with Crippen LogP contribution in [0.5, 0.6) is 0 Å². The van der Waals surface area contributed by atoms with Gasteiger partial charge in [-0.25, -0.2) is 4.57 Å². The van der Waals surface area contributed by atoms with Crippen molar-refractivity contribution in [3.05, 3.63) is 0 Å². The molecule has 0 radical (unpaired) electrons. The average Bonchev–Trinajstić information content (AvgIpc) is 2.21. The third-order valence-electron chi connectivity index (χ3n) is 1.67. The second-order valence-corrected chi connectivity index (χ2v) is 4.94. The molecule has 1 fully saturated rings. The quantitative estimate of drug-likeness (QED) is 0.584. The second-order valence-electron chi connectivity index (χ2n) is 2.63. The molecule has 0 aliphatic carbocycles. The molecule has 1 unspecified atom stereocenters. The topological polar surface area (TPSA) is 67.9 Å². The summed E-state index contributed by atoms with van der Waals surface area (Å²) < 4.78 is 22.7. The summed E-state index contributed by atoms with van der Waals surface area (Å²) in [5.74, 6) is -0.630. The van der Waals surface area contributed by atoms with Gasteiger partial charge in [-0.3, -0.25) is 19.3 Å². The van der Waals surface area contributed by atoms with Crippen molar-refractivity contribution in [1.82, 2.24) is 10.2 Å². The van der Waals surface area contributed by atoms with Crippen molar-refractivity contribution in [3.8, 4) is 0 Å². The number of carbonyl (C=O) groups is 1. The standard InChI is InChI=1S/C6H12ClN2O4P/c1-12-14(11)9(3-2-4-13-14)8-6(10)5-7/h2-5H2,1H3,(H,8,10). The summed E-state index contributed by atoms with van der Waals surface area (Å²) >= 11 is 5.30. The predicted octanol–water partition coefficient (Wildman–Crippen LogP) is 0.733. The largest absolute Gasteiger partial charge is 0.425 e. The summed E-state index contributed by atoms with van der Waals surface area (Å²) in [6.45, 7) is 0.784. The Kier molecular flexibility index (Phi) is 4.34. The Balaban J connectivity index is 2.64. The monoisotopic (exact) mass is 242 g/mol. The van der Waals surface area contributed by atoms with E-state index in [1.165, 1.54) is 11.9 Å². The number of amides is 1. The van der Waals surface area contributed by atoms with E-state index in [-0.39, 0.29) is 5.88 Å². The summed E-state index contributed by atoms with van der Waals surface area (Å²) in [4.78, 5) is 11.0. The zero-order valence-corrected chi connectivity index (χ0v) is 9.38. The summed E-state index contributed by atoms with van der Waals surface area (Å²) in [6.07, 6.45) is 0.677. The molecule has 82 valence electrons. The maximum atomic E-state index is 11.8. The third kappa shape index (κ3) is 2.68. The Labute approximate surface area is 87.0 Å². The first kappa shape index (κ1) is 11.9. The Morgan fingerprint density at radius 1 is 1.79 bits per heavy atom. The maximum absolute atomic E-state index is 11.8. The molecule has 1 atom stereocenters. The minimum atomic E-state index is -3.33. The molecule has 8 heteroatoms. The lowest BCUT2D eigenvalue weighted by Gasteiger charge is -2.32. The Morgan fingerprint density at radius 2 is 2.50 bits per heavy atom. The zero-order valence-electron chi connectivity index (χ0n) is 7.73. The first-order valence-corrected chi connectivity index (χ1v) is 6.09. The Bertz CT molecular complexity index is 262. The summed E-state index contributed by atoms with van der Waals surface area (Å²) in [7, 11) is -2.06. The van der Waals surface area contributed by atoms with Crippen molar-refractivity contribution >= 4 is 25.3 Å². The summed E-state index contributed by atoms with van der Waals surface area (Å²) in [5.41, 5.74) is 2.36. The van der Waals surface area contributed by atoms with Crippen molar-refractivity contribution in [2.75, 3.05) is 26.1 Å². The van der Waals surface area contributed by atoms with Crippen LogP contribution in [0.3, 0.4) is 0 Å². The lowest BCUT2D eigenvalue weighted by atomic mass is 10.5. The van der Waals surface area contributed by atoms with Gasteiger partial charge in [0.15, 0.2) is 0 Å². The van der Waals surface area contributed by atoms with Crippen molar-refractivity contribution in [3.63, 3.8) is 0 Å². The molecule has 1 N–H and O–H groups in total. The van der Waals surface area contributed by atoms with Gasteiger partial charge in [-0.2, -0.15) is 0 Å². The van der Waals surface area contributed by atoms with Crippen LogP contribution in [-0.2, 0) is 18.4 Å². The van der Waals surface area contributed by atoms with Crippen LogP contribution in [-0.4, -0.2) is 36.8 Å². The van der Waals surface area contributed by atoms with E-state index in [2.05, 4.69) is 5.43 Å². The SMILES string of the molecule is COP1(=O)OCCCN1NC(=O)CCl. The molecule has 0 aromatic rings. The highest BCUT2D eigenvalue weighted by Gasteiger charge is 2.36. The van der Waals surface area contributed by atoms with E-state index in [4.69, 9.17) is 20.6 Å². The van der Waals surface area contributed by atoms with E-state index < -0.39 is 13.7 Å². The molecule has 1 rings (SSSR count). The van der Waals surface area contributed by atoms with Gasteiger partial charge in [0.05, 0.1) is 6.61 Å². The van der Waals surface area contributed by atoms with Gasteiger partial charge >= 0.3 is 7.75 Å². The van der Waals surface area contributed by atoms with Crippen LogP contribution >= 0.6 is 19.3 Å². The molecule has 14 heavy (non-hydrogen) atoms. The van der Waals surface area contributed by atoms with Gasteiger partial charge in [-0.15, -0.1) is 16.4 Å². The first-order valence-electron chi connectivity index (χ1n) is 4.06. The first-order chi connectivity index (χ1) is 6.62. The molecular formula is C6H12ClN2O4P. The smallest absolute Gasteiger partial charge is 0.299 e. The number of nitrogens with one attached hydrogen (secondary N) is 1. The molecule has 1 aliphatic rings. The molecule has 0 aromatic carbocycles. The summed E-state index contributed by atoms with van der Waals surface area (Å²) in [5, 5.41) is 0. The van der Waals surface area contributed by atoms with Crippen molar-refractivity contribution in [2.45, 2.75) is 6.42 Å². The van der Waals surface area contributed by atoms with Crippen molar-refractivity contribution in [1.29, 1.82) is 0 Å². The predicted molar refractivity (Wildman–Crippen MR) is 50.8 cm³/mol. The number of carbonyl (C=O) groups excluding carboxylic acids is 1. The van der Waals surface area contributed by atoms with Gasteiger partial charge in [0, 0.05) is 13.7 Å². The maximum Gasteiger partial charge on any atom is 0.425 e. The van der Waals surface area contributed by atoms with Crippen molar-refractivity contribution < 1.29 is 18.4 Å². The van der Waals surface area contributed by atoms with Gasteiger partial charge in [-0.05, 0) is 6.42 Å². The fourth-order valence-electron chi connectivity index (χ4n) is 1.03. The Morgan fingerprint density at radius 3 is 3.07 bits per heavy atom. The molecule has 0 spiro atoms. The number of nitrogens with zero attached hydrogens (tertiary/aromatic N) is 1. The minimum Gasteiger partial charge on any atom is -0.299 e. The molecule has 0 aromatic heterocycles. The lowest BCUT2D eigenvalue weighted by Crippen LogP contribution is -2.44. The van der Waals surface area contributed by atoms with Gasteiger partial charge in [-0.1, -0.05) is 0 Å². The normalized spacial score (nSPS) is 28.7. The van der Waals surface area contributed by atoms with Crippen molar-refractivity contribution in [2.24, 2.45) is 0 Å². The highest BCUT2D eigenvalue weighted by molar-refractivity contribution is 7.51. The van der Waals surface area contributed by atoms with Gasteiger partial charge in [0.2, 0.25) is 5.91 Å². The second kappa shape index (κ2) is 5.09. The molecule has 1 amide bonds. The van der Waals surface area contributed by atoms with E-state index in [0.29, 0.717) is 19.6 Å². The number of hydrogen-bond acceptors (Lipinski definition) is 4. The number of rotatable bonds is 3.